The number of aryl methyl sites for hydroxylation is 3. The van der Waals surface area contributed by atoms with Gasteiger partial charge in [-0.2, -0.15) is 10.2 Å². The second-order valence-corrected chi connectivity index (χ2v) is 7.87. The first kappa shape index (κ1) is 21.0. The first-order valence-electron chi connectivity index (χ1n) is 9.66. The number of hydrogen-bond donors (Lipinski definition) is 1. The van der Waals surface area contributed by atoms with Crippen molar-refractivity contribution in [3.63, 3.8) is 0 Å². The predicted octanol–water partition coefficient (Wildman–Crippen LogP) is 2.70. The molecule has 0 fully saturated rings. The monoisotopic (exact) mass is 373 g/mol. The summed E-state index contributed by atoms with van der Waals surface area (Å²) in [4.78, 5) is 6.60. The molecule has 27 heavy (non-hydrogen) atoms. The molecule has 0 radical (unpaired) electrons. The highest BCUT2D eigenvalue weighted by Crippen LogP contribution is 2.18. The molecule has 0 spiro atoms. The number of nitrogens with one attached hydrogen (secondary N) is 1. The molecule has 0 saturated heterocycles. The minimum Gasteiger partial charge on any atom is -0.356 e. The molecule has 2 aromatic heterocycles. The van der Waals surface area contributed by atoms with Gasteiger partial charge >= 0.3 is 0 Å². The Hall–Kier alpha value is -2.31. The summed E-state index contributed by atoms with van der Waals surface area (Å²) in [6, 6.07) is 2.12. The lowest BCUT2D eigenvalue weighted by atomic mass is 10.1. The van der Waals surface area contributed by atoms with Crippen molar-refractivity contribution in [2.75, 3.05) is 20.6 Å². The largest absolute Gasteiger partial charge is 0.356 e. The SMILES string of the molecule is CN=C(NCC(C)Cn1nc(C)cc1C)N(C)Cc1cn(C)nc1C(C)C. The van der Waals surface area contributed by atoms with Gasteiger partial charge in [0.05, 0.1) is 11.4 Å². The molecular formula is C20H35N7. The van der Waals surface area contributed by atoms with Crippen LogP contribution in [0.4, 0.5) is 0 Å². The van der Waals surface area contributed by atoms with E-state index in [4.69, 9.17) is 0 Å². The fourth-order valence-electron chi connectivity index (χ4n) is 3.36. The zero-order valence-corrected chi connectivity index (χ0v) is 18.1. The van der Waals surface area contributed by atoms with E-state index in [2.05, 4.69) is 77.1 Å². The Morgan fingerprint density at radius 3 is 2.52 bits per heavy atom. The fraction of sp³-hybridized carbons (Fsp3) is 0.650. The van der Waals surface area contributed by atoms with Crippen molar-refractivity contribution in [1.82, 2.24) is 29.8 Å². The third-order valence-electron chi connectivity index (χ3n) is 4.66. The Morgan fingerprint density at radius 1 is 1.26 bits per heavy atom. The molecule has 7 heteroatoms. The molecule has 0 aliphatic carbocycles. The Kier molecular flexibility index (Phi) is 7.05. The van der Waals surface area contributed by atoms with Crippen LogP contribution in [0.25, 0.3) is 0 Å². The molecule has 0 aliphatic heterocycles. The summed E-state index contributed by atoms with van der Waals surface area (Å²) in [7, 11) is 5.87. The maximum Gasteiger partial charge on any atom is 0.193 e. The van der Waals surface area contributed by atoms with E-state index in [0.29, 0.717) is 11.8 Å². The quantitative estimate of drug-likeness (QED) is 0.599. The molecule has 2 aromatic rings. The van der Waals surface area contributed by atoms with Gasteiger partial charge in [-0.15, -0.1) is 0 Å². The van der Waals surface area contributed by atoms with Crippen LogP contribution in [0.1, 0.15) is 49.3 Å². The lowest BCUT2D eigenvalue weighted by Crippen LogP contribution is -2.41. The van der Waals surface area contributed by atoms with Gasteiger partial charge in [0.25, 0.3) is 0 Å². The molecule has 7 nitrogen and oxygen atoms in total. The summed E-state index contributed by atoms with van der Waals surface area (Å²) >= 11 is 0. The number of aromatic nitrogens is 4. The number of guanidine groups is 1. The summed E-state index contributed by atoms with van der Waals surface area (Å²) in [6.07, 6.45) is 2.10. The molecule has 2 rings (SSSR count). The highest BCUT2D eigenvalue weighted by molar-refractivity contribution is 5.79. The molecular weight excluding hydrogens is 338 g/mol. The minimum atomic E-state index is 0.408. The van der Waals surface area contributed by atoms with Crippen LogP contribution in [0, 0.1) is 19.8 Å². The van der Waals surface area contributed by atoms with E-state index in [1.54, 1.807) is 0 Å². The van der Waals surface area contributed by atoms with E-state index in [0.717, 1.165) is 37.0 Å². The maximum atomic E-state index is 4.60. The molecule has 0 amide bonds. The van der Waals surface area contributed by atoms with Gasteiger partial charge in [0.1, 0.15) is 0 Å². The summed E-state index contributed by atoms with van der Waals surface area (Å²) in [5.74, 6) is 1.75. The first-order valence-corrected chi connectivity index (χ1v) is 9.66. The van der Waals surface area contributed by atoms with Crippen molar-refractivity contribution in [3.8, 4) is 0 Å². The Balaban J connectivity index is 1.93. The Bertz CT molecular complexity index is 769. The van der Waals surface area contributed by atoms with Crippen molar-refractivity contribution < 1.29 is 0 Å². The maximum absolute atomic E-state index is 4.60. The molecule has 150 valence electrons. The van der Waals surface area contributed by atoms with E-state index in [9.17, 15) is 0 Å². The average Bonchev–Trinajstić information content (AvgIpc) is 3.09. The molecule has 2 heterocycles. The van der Waals surface area contributed by atoms with Gasteiger partial charge in [-0.3, -0.25) is 14.4 Å². The second-order valence-electron chi connectivity index (χ2n) is 7.87. The Morgan fingerprint density at radius 2 is 1.96 bits per heavy atom. The molecule has 1 unspecified atom stereocenters. The summed E-state index contributed by atoms with van der Waals surface area (Å²) in [5, 5.41) is 12.7. The van der Waals surface area contributed by atoms with E-state index in [1.165, 1.54) is 11.3 Å². The van der Waals surface area contributed by atoms with Crippen LogP contribution in [-0.2, 0) is 20.1 Å². The predicted molar refractivity (Wildman–Crippen MR) is 111 cm³/mol. The summed E-state index contributed by atoms with van der Waals surface area (Å²) in [5.41, 5.74) is 4.67. The lowest BCUT2D eigenvalue weighted by molar-refractivity contribution is 0.418. The third-order valence-corrected chi connectivity index (χ3v) is 4.66. The third kappa shape index (κ3) is 5.58. The van der Waals surface area contributed by atoms with Gasteiger partial charge in [0, 0.05) is 58.2 Å². The standard InChI is InChI=1S/C20H35N7/c1-14(2)19-18(13-26(8)24-19)12-25(7)20(21-6)22-10-15(3)11-27-17(5)9-16(4)23-27/h9,13-15H,10-12H2,1-8H3,(H,21,22). The van der Waals surface area contributed by atoms with Crippen LogP contribution < -0.4 is 5.32 Å². The zero-order valence-electron chi connectivity index (χ0n) is 18.1. The van der Waals surface area contributed by atoms with Gasteiger partial charge in [0.15, 0.2) is 5.96 Å². The van der Waals surface area contributed by atoms with E-state index < -0.39 is 0 Å². The molecule has 0 aromatic carbocycles. The van der Waals surface area contributed by atoms with Crippen LogP contribution >= 0.6 is 0 Å². The van der Waals surface area contributed by atoms with Crippen LogP contribution in [-0.4, -0.2) is 51.1 Å². The highest BCUT2D eigenvalue weighted by atomic mass is 15.3. The Labute approximate surface area is 163 Å². The van der Waals surface area contributed by atoms with Crippen LogP contribution in [0.2, 0.25) is 0 Å². The molecule has 1 atom stereocenters. The number of hydrogen-bond acceptors (Lipinski definition) is 3. The van der Waals surface area contributed by atoms with Crippen molar-refractivity contribution >= 4 is 5.96 Å². The van der Waals surface area contributed by atoms with E-state index in [1.807, 2.05) is 25.7 Å². The number of aliphatic imine (C=N–C) groups is 1. The van der Waals surface area contributed by atoms with Gasteiger partial charge in [-0.05, 0) is 31.7 Å². The smallest absolute Gasteiger partial charge is 0.193 e. The second kappa shape index (κ2) is 9.06. The van der Waals surface area contributed by atoms with Gasteiger partial charge in [-0.25, -0.2) is 0 Å². The fourth-order valence-corrected chi connectivity index (χ4v) is 3.36. The van der Waals surface area contributed by atoms with Crippen molar-refractivity contribution in [3.05, 3.63) is 34.9 Å². The lowest BCUT2D eigenvalue weighted by Gasteiger charge is -2.24. The summed E-state index contributed by atoms with van der Waals surface area (Å²) < 4.78 is 3.98. The van der Waals surface area contributed by atoms with Gasteiger partial charge < -0.3 is 10.2 Å². The number of rotatable bonds is 7. The van der Waals surface area contributed by atoms with Crippen molar-refractivity contribution in [1.29, 1.82) is 0 Å². The van der Waals surface area contributed by atoms with E-state index in [-0.39, 0.29) is 0 Å². The molecule has 0 aliphatic rings. The molecule has 0 saturated carbocycles. The number of nitrogens with zero attached hydrogens (tertiary/aromatic N) is 6. The van der Waals surface area contributed by atoms with Crippen LogP contribution in [0.15, 0.2) is 17.3 Å². The minimum absolute atomic E-state index is 0.408. The first-order chi connectivity index (χ1) is 12.7. The highest BCUT2D eigenvalue weighted by Gasteiger charge is 2.16. The van der Waals surface area contributed by atoms with E-state index >= 15 is 0 Å². The average molecular weight is 374 g/mol. The molecule has 0 bridgehead atoms. The van der Waals surface area contributed by atoms with Crippen LogP contribution in [0.3, 0.4) is 0 Å². The zero-order chi connectivity index (χ0) is 20.1. The molecule has 1 N–H and O–H groups in total. The topological polar surface area (TPSA) is 63.3 Å². The summed E-state index contributed by atoms with van der Waals surface area (Å²) in [6.45, 7) is 13.3. The van der Waals surface area contributed by atoms with Crippen molar-refractivity contribution in [2.24, 2.45) is 18.0 Å². The normalized spacial score (nSPS) is 13.3. The van der Waals surface area contributed by atoms with Crippen LogP contribution in [0.5, 0.6) is 0 Å². The van der Waals surface area contributed by atoms with Gasteiger partial charge in [0.2, 0.25) is 0 Å². The van der Waals surface area contributed by atoms with Crippen molar-refractivity contribution in [2.45, 2.75) is 53.6 Å². The van der Waals surface area contributed by atoms with Gasteiger partial charge in [-0.1, -0.05) is 20.8 Å².